The van der Waals surface area contributed by atoms with Gasteiger partial charge >= 0.3 is 0 Å². The number of benzene rings is 1. The van der Waals surface area contributed by atoms with Crippen molar-refractivity contribution in [1.29, 1.82) is 0 Å². The van der Waals surface area contributed by atoms with Crippen molar-refractivity contribution >= 4 is 17.9 Å². The Labute approximate surface area is 110 Å². The summed E-state index contributed by atoms with van der Waals surface area (Å²) in [6.07, 6.45) is 7.10. The van der Waals surface area contributed by atoms with E-state index in [1.165, 1.54) is 18.5 Å². The number of aryl methyl sites for hydroxylation is 1. The molecule has 0 spiro atoms. The van der Waals surface area contributed by atoms with Gasteiger partial charge in [0.05, 0.1) is 17.7 Å². The summed E-state index contributed by atoms with van der Waals surface area (Å²) in [5, 5.41) is 0.579. The Morgan fingerprint density at radius 3 is 2.94 bits per heavy atom. The first-order valence-corrected chi connectivity index (χ1v) is 6.47. The Balaban J connectivity index is 2.15. The van der Waals surface area contributed by atoms with Crippen LogP contribution in [0.4, 0.5) is 0 Å². The molecular formula is C14H13ClN2O. The minimum Gasteiger partial charge on any atom is -0.302 e. The minimum atomic E-state index is 0.579. The molecule has 92 valence electrons. The van der Waals surface area contributed by atoms with E-state index in [4.69, 9.17) is 11.6 Å². The number of aromatic nitrogens is 2. The van der Waals surface area contributed by atoms with Gasteiger partial charge in [0.1, 0.15) is 0 Å². The van der Waals surface area contributed by atoms with Crippen LogP contribution in [0.1, 0.15) is 34.6 Å². The third-order valence-corrected chi connectivity index (χ3v) is 3.64. The summed E-state index contributed by atoms with van der Waals surface area (Å²) in [6, 6.07) is 5.38. The molecule has 0 atom stereocenters. The van der Waals surface area contributed by atoms with Crippen molar-refractivity contribution in [3.05, 3.63) is 46.5 Å². The number of halogens is 1. The van der Waals surface area contributed by atoms with E-state index in [2.05, 4.69) is 4.98 Å². The zero-order valence-corrected chi connectivity index (χ0v) is 10.7. The molecule has 0 unspecified atom stereocenters. The third-order valence-electron chi connectivity index (χ3n) is 3.41. The van der Waals surface area contributed by atoms with Crippen molar-refractivity contribution in [2.45, 2.75) is 25.7 Å². The van der Waals surface area contributed by atoms with Gasteiger partial charge < -0.3 is 4.57 Å². The third kappa shape index (κ3) is 1.85. The van der Waals surface area contributed by atoms with Crippen LogP contribution in [0.15, 0.2) is 24.5 Å². The molecular weight excluding hydrogens is 248 g/mol. The van der Waals surface area contributed by atoms with E-state index < -0.39 is 0 Å². The molecule has 3 nitrogen and oxygen atoms in total. The second kappa shape index (κ2) is 4.58. The van der Waals surface area contributed by atoms with Gasteiger partial charge in [0.2, 0.25) is 0 Å². The molecule has 3 rings (SSSR count). The largest absolute Gasteiger partial charge is 0.302 e. The lowest BCUT2D eigenvalue weighted by Gasteiger charge is -2.15. The normalized spacial score (nSPS) is 14.3. The Morgan fingerprint density at radius 2 is 2.11 bits per heavy atom. The van der Waals surface area contributed by atoms with Crippen LogP contribution in [0.3, 0.4) is 0 Å². The topological polar surface area (TPSA) is 34.9 Å². The first-order chi connectivity index (χ1) is 8.79. The van der Waals surface area contributed by atoms with Crippen molar-refractivity contribution in [2.24, 2.45) is 0 Å². The van der Waals surface area contributed by atoms with E-state index in [1.807, 2.05) is 17.0 Å². The molecule has 0 radical (unpaired) electrons. The summed E-state index contributed by atoms with van der Waals surface area (Å²) >= 11 is 5.92. The smallest absolute Gasteiger partial charge is 0.152 e. The number of aldehydes is 1. The van der Waals surface area contributed by atoms with Crippen LogP contribution in [0.5, 0.6) is 0 Å². The molecule has 0 saturated carbocycles. The molecule has 0 N–H and O–H groups in total. The van der Waals surface area contributed by atoms with Gasteiger partial charge in [-0.25, -0.2) is 4.98 Å². The van der Waals surface area contributed by atoms with Gasteiger partial charge in [-0.1, -0.05) is 11.6 Å². The molecule has 1 heterocycles. The highest BCUT2D eigenvalue weighted by molar-refractivity contribution is 6.30. The number of carbonyl (C=O) groups excluding carboxylic acids is 1. The zero-order chi connectivity index (χ0) is 12.5. The number of hydrogen-bond donors (Lipinski definition) is 0. The van der Waals surface area contributed by atoms with Gasteiger partial charge in [0.15, 0.2) is 6.29 Å². The standard InChI is InChI=1S/C14H13ClN2O/c15-11-5-6-13(10(7-11)8-18)17-9-16-12-3-1-2-4-14(12)17/h5-9H,1-4H2. The fourth-order valence-electron chi connectivity index (χ4n) is 2.52. The van der Waals surface area contributed by atoms with Crippen LogP contribution in [-0.2, 0) is 12.8 Å². The maximum Gasteiger partial charge on any atom is 0.152 e. The van der Waals surface area contributed by atoms with Crippen molar-refractivity contribution in [3.63, 3.8) is 0 Å². The fourth-order valence-corrected chi connectivity index (χ4v) is 2.70. The van der Waals surface area contributed by atoms with Gasteiger partial charge in [-0.2, -0.15) is 0 Å². The molecule has 0 fully saturated rings. The maximum atomic E-state index is 11.2. The lowest BCUT2D eigenvalue weighted by atomic mass is 10.0. The lowest BCUT2D eigenvalue weighted by molar-refractivity contribution is 0.112. The quantitative estimate of drug-likeness (QED) is 0.777. The molecule has 1 aromatic heterocycles. The molecule has 4 heteroatoms. The van der Waals surface area contributed by atoms with E-state index >= 15 is 0 Å². The summed E-state index contributed by atoms with van der Waals surface area (Å²) in [7, 11) is 0. The molecule has 1 aromatic carbocycles. The monoisotopic (exact) mass is 260 g/mol. The van der Waals surface area contributed by atoms with E-state index in [-0.39, 0.29) is 0 Å². The summed E-state index contributed by atoms with van der Waals surface area (Å²) in [5.74, 6) is 0. The summed E-state index contributed by atoms with van der Waals surface area (Å²) in [5.41, 5.74) is 3.86. The van der Waals surface area contributed by atoms with E-state index in [0.29, 0.717) is 10.6 Å². The van der Waals surface area contributed by atoms with E-state index in [0.717, 1.165) is 30.5 Å². The summed E-state index contributed by atoms with van der Waals surface area (Å²) < 4.78 is 2.02. The average Bonchev–Trinajstić information content (AvgIpc) is 2.82. The number of carbonyl (C=O) groups is 1. The molecule has 18 heavy (non-hydrogen) atoms. The number of nitrogens with zero attached hydrogens (tertiary/aromatic N) is 2. The predicted octanol–water partition coefficient (Wildman–Crippen LogP) is 3.22. The van der Waals surface area contributed by atoms with E-state index in [9.17, 15) is 4.79 Å². The molecule has 1 aliphatic carbocycles. The van der Waals surface area contributed by atoms with Crippen LogP contribution < -0.4 is 0 Å². The van der Waals surface area contributed by atoms with Crippen LogP contribution in [-0.4, -0.2) is 15.8 Å². The zero-order valence-electron chi connectivity index (χ0n) is 9.90. The Bertz CT molecular complexity index is 604. The maximum absolute atomic E-state index is 11.2. The van der Waals surface area contributed by atoms with Crippen molar-refractivity contribution in [2.75, 3.05) is 0 Å². The highest BCUT2D eigenvalue weighted by Crippen LogP contribution is 2.25. The van der Waals surface area contributed by atoms with Gasteiger partial charge in [-0.3, -0.25) is 4.79 Å². The van der Waals surface area contributed by atoms with Gasteiger partial charge in [0.25, 0.3) is 0 Å². The molecule has 0 bridgehead atoms. The number of hydrogen-bond acceptors (Lipinski definition) is 2. The van der Waals surface area contributed by atoms with Gasteiger partial charge in [0, 0.05) is 16.3 Å². The Kier molecular flexibility index (Phi) is 2.92. The summed E-state index contributed by atoms with van der Waals surface area (Å²) in [4.78, 5) is 15.6. The van der Waals surface area contributed by atoms with Crippen LogP contribution in [0.2, 0.25) is 5.02 Å². The van der Waals surface area contributed by atoms with Crippen LogP contribution in [0, 0.1) is 0 Å². The molecule has 0 amide bonds. The lowest BCUT2D eigenvalue weighted by Crippen LogP contribution is -2.08. The number of rotatable bonds is 2. The Hall–Kier alpha value is -1.61. The molecule has 0 aliphatic heterocycles. The Morgan fingerprint density at radius 1 is 1.28 bits per heavy atom. The van der Waals surface area contributed by atoms with Gasteiger partial charge in [-0.05, 0) is 43.9 Å². The highest BCUT2D eigenvalue weighted by atomic mass is 35.5. The van der Waals surface area contributed by atoms with Crippen molar-refractivity contribution in [3.8, 4) is 5.69 Å². The minimum absolute atomic E-state index is 0.579. The first kappa shape index (κ1) is 11.5. The highest BCUT2D eigenvalue weighted by Gasteiger charge is 2.17. The number of fused-ring (bicyclic) bond motifs is 1. The van der Waals surface area contributed by atoms with Crippen molar-refractivity contribution in [1.82, 2.24) is 9.55 Å². The SMILES string of the molecule is O=Cc1cc(Cl)ccc1-n1cnc2c1CCCC2. The first-order valence-electron chi connectivity index (χ1n) is 6.10. The van der Waals surface area contributed by atoms with E-state index in [1.54, 1.807) is 12.1 Å². The average molecular weight is 261 g/mol. The second-order valence-corrected chi connectivity index (χ2v) is 4.97. The van der Waals surface area contributed by atoms with Crippen LogP contribution >= 0.6 is 11.6 Å². The predicted molar refractivity (Wildman–Crippen MR) is 70.6 cm³/mol. The summed E-state index contributed by atoms with van der Waals surface area (Å²) in [6.45, 7) is 0. The van der Waals surface area contributed by atoms with Crippen molar-refractivity contribution < 1.29 is 4.79 Å². The fraction of sp³-hybridized carbons (Fsp3) is 0.286. The van der Waals surface area contributed by atoms with Crippen LogP contribution in [0.25, 0.3) is 5.69 Å². The van der Waals surface area contributed by atoms with Gasteiger partial charge in [-0.15, -0.1) is 0 Å². The molecule has 0 saturated heterocycles. The molecule has 2 aromatic rings. The number of imidazole rings is 1. The second-order valence-electron chi connectivity index (χ2n) is 4.54. The molecule has 1 aliphatic rings.